The molecule has 1 heterocycles. The first-order chi connectivity index (χ1) is 13.7. The van der Waals surface area contributed by atoms with Gasteiger partial charge in [0.2, 0.25) is 0 Å². The molecule has 1 saturated heterocycles. The zero-order chi connectivity index (χ0) is 21.2. The summed E-state index contributed by atoms with van der Waals surface area (Å²) in [7, 11) is 0. The second-order valence-electron chi connectivity index (χ2n) is 7.90. The highest BCUT2D eigenvalue weighted by Gasteiger charge is 2.55. The molecule has 1 aromatic rings. The van der Waals surface area contributed by atoms with E-state index in [4.69, 9.17) is 4.74 Å². The minimum atomic E-state index is -0.921. The Labute approximate surface area is 170 Å². The van der Waals surface area contributed by atoms with Crippen LogP contribution in [0.4, 0.5) is 10.5 Å². The SMILES string of the molecule is Cc1cccc(NC(=O)COC(=O)CN2C(=O)N[C@]3(CCCC[C@@H]3C)C2=O)c1C. The second-order valence-corrected chi connectivity index (χ2v) is 7.90. The summed E-state index contributed by atoms with van der Waals surface area (Å²) in [5.74, 6) is -1.66. The van der Waals surface area contributed by atoms with Crippen molar-refractivity contribution >= 4 is 29.5 Å². The van der Waals surface area contributed by atoms with Crippen LogP contribution in [0.5, 0.6) is 0 Å². The van der Waals surface area contributed by atoms with Crippen LogP contribution in [0.3, 0.4) is 0 Å². The molecule has 2 aliphatic rings. The molecule has 3 rings (SSSR count). The van der Waals surface area contributed by atoms with E-state index in [1.807, 2.05) is 32.9 Å². The van der Waals surface area contributed by atoms with Crippen LogP contribution < -0.4 is 10.6 Å². The van der Waals surface area contributed by atoms with Gasteiger partial charge in [-0.3, -0.25) is 19.3 Å². The molecule has 1 spiro atoms. The van der Waals surface area contributed by atoms with Crippen molar-refractivity contribution in [3.63, 3.8) is 0 Å². The lowest BCUT2D eigenvalue weighted by Crippen LogP contribution is -2.54. The third kappa shape index (κ3) is 4.11. The van der Waals surface area contributed by atoms with E-state index in [2.05, 4.69) is 10.6 Å². The van der Waals surface area contributed by atoms with Gasteiger partial charge in [0.05, 0.1) is 0 Å². The number of hydrogen-bond donors (Lipinski definition) is 2. The predicted octanol–water partition coefficient (Wildman–Crippen LogP) is 2.29. The topological polar surface area (TPSA) is 105 Å². The first-order valence-corrected chi connectivity index (χ1v) is 9.90. The number of carbonyl (C=O) groups is 4. The number of carbonyl (C=O) groups excluding carboxylic acids is 4. The van der Waals surface area contributed by atoms with Crippen LogP contribution in [-0.2, 0) is 19.1 Å². The molecule has 1 aliphatic carbocycles. The Morgan fingerprint density at radius 2 is 2.03 bits per heavy atom. The van der Waals surface area contributed by atoms with Gasteiger partial charge in [0, 0.05) is 5.69 Å². The van der Waals surface area contributed by atoms with Crippen molar-refractivity contribution in [1.82, 2.24) is 10.2 Å². The summed E-state index contributed by atoms with van der Waals surface area (Å²) in [4.78, 5) is 50.3. The third-order valence-electron chi connectivity index (χ3n) is 6.03. The molecule has 1 aliphatic heterocycles. The van der Waals surface area contributed by atoms with Crippen LogP contribution in [0, 0.1) is 19.8 Å². The van der Waals surface area contributed by atoms with Crippen molar-refractivity contribution in [3.05, 3.63) is 29.3 Å². The summed E-state index contributed by atoms with van der Waals surface area (Å²) >= 11 is 0. The lowest BCUT2D eigenvalue weighted by molar-refractivity contribution is -0.150. The number of amides is 4. The molecule has 1 aromatic carbocycles. The van der Waals surface area contributed by atoms with Gasteiger partial charge in [0.1, 0.15) is 12.1 Å². The van der Waals surface area contributed by atoms with Gasteiger partial charge >= 0.3 is 12.0 Å². The zero-order valence-electron chi connectivity index (χ0n) is 17.0. The predicted molar refractivity (Wildman–Crippen MR) is 106 cm³/mol. The van der Waals surface area contributed by atoms with Crippen molar-refractivity contribution < 1.29 is 23.9 Å². The highest BCUT2D eigenvalue weighted by Crippen LogP contribution is 2.38. The molecule has 0 unspecified atom stereocenters. The Bertz CT molecular complexity index is 853. The molecule has 0 radical (unpaired) electrons. The first-order valence-electron chi connectivity index (χ1n) is 9.90. The molecule has 156 valence electrons. The second kappa shape index (κ2) is 8.23. The number of aryl methyl sites for hydroxylation is 1. The number of anilines is 1. The Morgan fingerprint density at radius 1 is 1.28 bits per heavy atom. The number of benzene rings is 1. The highest BCUT2D eigenvalue weighted by atomic mass is 16.5. The molecular formula is C21H27N3O5. The summed E-state index contributed by atoms with van der Waals surface area (Å²) in [5, 5.41) is 5.48. The number of urea groups is 1. The van der Waals surface area contributed by atoms with Crippen LogP contribution in [0.2, 0.25) is 0 Å². The average molecular weight is 401 g/mol. The Kier molecular flexibility index (Phi) is 5.91. The molecule has 8 heteroatoms. The number of nitrogens with one attached hydrogen (secondary N) is 2. The van der Waals surface area contributed by atoms with E-state index in [1.54, 1.807) is 6.07 Å². The van der Waals surface area contributed by atoms with Gasteiger partial charge in [0.25, 0.3) is 11.8 Å². The van der Waals surface area contributed by atoms with Crippen LogP contribution in [-0.4, -0.2) is 47.4 Å². The number of ether oxygens (including phenoxy) is 1. The van der Waals surface area contributed by atoms with Crippen LogP contribution in [0.1, 0.15) is 43.7 Å². The number of nitrogens with zero attached hydrogens (tertiary/aromatic N) is 1. The van der Waals surface area contributed by atoms with Crippen molar-refractivity contribution in [3.8, 4) is 0 Å². The van der Waals surface area contributed by atoms with Crippen molar-refractivity contribution in [2.24, 2.45) is 5.92 Å². The quantitative estimate of drug-likeness (QED) is 0.582. The fourth-order valence-electron chi connectivity index (χ4n) is 4.03. The smallest absolute Gasteiger partial charge is 0.326 e. The van der Waals surface area contributed by atoms with Gasteiger partial charge in [-0.05, 0) is 49.8 Å². The Morgan fingerprint density at radius 3 is 2.76 bits per heavy atom. The van der Waals surface area contributed by atoms with Crippen molar-refractivity contribution in [2.45, 2.75) is 52.0 Å². The molecule has 0 bridgehead atoms. The number of rotatable bonds is 5. The lowest BCUT2D eigenvalue weighted by atomic mass is 9.73. The van der Waals surface area contributed by atoms with Crippen LogP contribution in [0.15, 0.2) is 18.2 Å². The fourth-order valence-corrected chi connectivity index (χ4v) is 4.03. The highest BCUT2D eigenvalue weighted by molar-refractivity contribution is 6.09. The van der Waals surface area contributed by atoms with Crippen molar-refractivity contribution in [1.29, 1.82) is 0 Å². The van der Waals surface area contributed by atoms with E-state index in [1.165, 1.54) is 0 Å². The normalized spacial score (nSPS) is 23.8. The average Bonchev–Trinajstić information content (AvgIpc) is 2.91. The molecule has 1 saturated carbocycles. The van der Waals surface area contributed by atoms with Gasteiger partial charge in [-0.1, -0.05) is 31.9 Å². The molecule has 0 aromatic heterocycles. The lowest BCUT2D eigenvalue weighted by Gasteiger charge is -2.36. The first kappa shape index (κ1) is 20.8. The number of hydrogen-bond acceptors (Lipinski definition) is 5. The summed E-state index contributed by atoms with van der Waals surface area (Å²) in [6.45, 7) is 4.77. The molecule has 2 atom stereocenters. The Balaban J connectivity index is 1.54. The van der Waals surface area contributed by atoms with Gasteiger partial charge in [0.15, 0.2) is 6.61 Å². The summed E-state index contributed by atoms with van der Waals surface area (Å²) in [6, 6.07) is 4.94. The van der Waals surface area contributed by atoms with Crippen LogP contribution >= 0.6 is 0 Å². The standard InChI is InChI=1S/C21H27N3O5/c1-13-7-6-9-16(15(13)3)22-17(25)12-29-18(26)11-24-19(27)21(23-20(24)28)10-5-4-8-14(21)2/h6-7,9,14H,4-5,8,10-12H2,1-3H3,(H,22,25)(H,23,28)/t14-,21-/m0/s1. The van der Waals surface area contributed by atoms with Gasteiger partial charge in [-0.15, -0.1) is 0 Å². The molecule has 2 fully saturated rings. The van der Waals surface area contributed by atoms with E-state index in [0.29, 0.717) is 12.1 Å². The molecular weight excluding hydrogens is 374 g/mol. The van der Waals surface area contributed by atoms with E-state index in [0.717, 1.165) is 35.3 Å². The van der Waals surface area contributed by atoms with Gasteiger partial charge in [-0.25, -0.2) is 4.79 Å². The largest absolute Gasteiger partial charge is 0.454 e. The molecule has 4 amide bonds. The molecule has 2 N–H and O–H groups in total. The van der Waals surface area contributed by atoms with E-state index in [9.17, 15) is 19.2 Å². The van der Waals surface area contributed by atoms with Crippen LogP contribution in [0.25, 0.3) is 0 Å². The zero-order valence-corrected chi connectivity index (χ0v) is 17.0. The minimum Gasteiger partial charge on any atom is -0.454 e. The monoisotopic (exact) mass is 401 g/mol. The molecule has 29 heavy (non-hydrogen) atoms. The maximum atomic E-state index is 12.8. The summed E-state index contributed by atoms with van der Waals surface area (Å²) in [6.07, 6.45) is 3.29. The maximum Gasteiger partial charge on any atom is 0.326 e. The summed E-state index contributed by atoms with van der Waals surface area (Å²) in [5.41, 5.74) is 1.69. The fraction of sp³-hybridized carbons (Fsp3) is 0.524. The van der Waals surface area contributed by atoms with E-state index < -0.39 is 36.6 Å². The summed E-state index contributed by atoms with van der Waals surface area (Å²) < 4.78 is 4.98. The Hall–Kier alpha value is -2.90. The maximum absolute atomic E-state index is 12.8. The van der Waals surface area contributed by atoms with Crippen molar-refractivity contribution in [2.75, 3.05) is 18.5 Å². The number of esters is 1. The minimum absolute atomic E-state index is 0.0112. The van der Waals surface area contributed by atoms with E-state index in [-0.39, 0.29) is 11.8 Å². The third-order valence-corrected chi connectivity index (χ3v) is 6.03. The van der Waals surface area contributed by atoms with Gasteiger partial charge in [-0.2, -0.15) is 0 Å². The van der Waals surface area contributed by atoms with Gasteiger partial charge < -0.3 is 15.4 Å². The molecule has 8 nitrogen and oxygen atoms in total. The van der Waals surface area contributed by atoms with E-state index >= 15 is 0 Å². The number of imide groups is 1.